The van der Waals surface area contributed by atoms with Gasteiger partial charge in [-0.1, -0.05) is 0 Å². The molecule has 9 heteroatoms. The molecular formula is C15H20FN3O4S. The minimum atomic E-state index is -3.58. The second-order valence-electron chi connectivity index (χ2n) is 5.58. The summed E-state index contributed by atoms with van der Waals surface area (Å²) in [6, 6.07) is 5.08. The molecule has 0 aromatic heterocycles. The number of rotatable bonds is 6. The molecule has 1 aromatic rings. The zero-order chi connectivity index (χ0) is 17.7. The third-order valence-corrected chi connectivity index (χ3v) is 5.05. The van der Waals surface area contributed by atoms with Crippen LogP contribution in [0.2, 0.25) is 0 Å². The van der Waals surface area contributed by atoms with Crippen LogP contribution in [0, 0.1) is 5.82 Å². The maximum Gasteiger partial charge on any atom is 0.232 e. The van der Waals surface area contributed by atoms with Crippen molar-refractivity contribution in [3.8, 4) is 0 Å². The minimum absolute atomic E-state index is 0.0167. The van der Waals surface area contributed by atoms with Crippen molar-refractivity contribution in [1.82, 2.24) is 9.80 Å². The van der Waals surface area contributed by atoms with Gasteiger partial charge in [0.25, 0.3) is 0 Å². The van der Waals surface area contributed by atoms with Gasteiger partial charge in [-0.2, -0.15) is 0 Å². The number of benzene rings is 1. The first kappa shape index (κ1) is 18.2. The first-order valence-electron chi connectivity index (χ1n) is 7.51. The van der Waals surface area contributed by atoms with E-state index in [1.807, 2.05) is 0 Å². The highest BCUT2D eigenvalue weighted by Gasteiger charge is 2.23. The van der Waals surface area contributed by atoms with E-state index in [4.69, 9.17) is 0 Å². The summed E-state index contributed by atoms with van der Waals surface area (Å²) in [7, 11) is -3.58. The minimum Gasteiger partial charge on any atom is -0.342 e. The van der Waals surface area contributed by atoms with Gasteiger partial charge >= 0.3 is 0 Å². The van der Waals surface area contributed by atoms with Gasteiger partial charge in [0.1, 0.15) is 5.82 Å². The second-order valence-corrected chi connectivity index (χ2v) is 7.49. The van der Waals surface area contributed by atoms with Gasteiger partial charge in [-0.3, -0.25) is 13.9 Å². The first-order chi connectivity index (χ1) is 11.3. The lowest BCUT2D eigenvalue weighted by Gasteiger charge is -2.33. The maximum atomic E-state index is 13.0. The van der Waals surface area contributed by atoms with E-state index >= 15 is 0 Å². The Labute approximate surface area is 140 Å². The van der Waals surface area contributed by atoms with E-state index in [2.05, 4.69) is 0 Å². The Balaban J connectivity index is 1.99. The third kappa shape index (κ3) is 4.67. The fraction of sp³-hybridized carbons (Fsp3) is 0.467. The maximum absolute atomic E-state index is 13.0. The molecule has 2 rings (SSSR count). The molecule has 0 aliphatic carbocycles. The van der Waals surface area contributed by atoms with Crippen molar-refractivity contribution in [3.63, 3.8) is 0 Å². The monoisotopic (exact) mass is 357 g/mol. The normalized spacial score (nSPS) is 15.2. The lowest BCUT2D eigenvalue weighted by molar-refractivity contribution is -0.134. The van der Waals surface area contributed by atoms with Crippen LogP contribution in [0.25, 0.3) is 0 Å². The Kier molecular flexibility index (Phi) is 5.76. The molecule has 0 unspecified atom stereocenters. The topological polar surface area (TPSA) is 78.0 Å². The largest absolute Gasteiger partial charge is 0.342 e. The van der Waals surface area contributed by atoms with Crippen molar-refractivity contribution < 1.29 is 22.4 Å². The molecular weight excluding hydrogens is 337 g/mol. The number of hydrogen-bond donors (Lipinski definition) is 0. The van der Waals surface area contributed by atoms with E-state index in [0.717, 1.165) is 17.0 Å². The summed E-state index contributed by atoms with van der Waals surface area (Å²) in [5.74, 6) is -0.632. The Hall–Kier alpha value is -2.16. The van der Waals surface area contributed by atoms with E-state index in [0.29, 0.717) is 31.9 Å². The zero-order valence-electron chi connectivity index (χ0n) is 13.4. The second kappa shape index (κ2) is 7.61. The van der Waals surface area contributed by atoms with Crippen molar-refractivity contribution in [2.45, 2.75) is 6.42 Å². The fourth-order valence-electron chi connectivity index (χ4n) is 2.53. The summed E-state index contributed by atoms with van der Waals surface area (Å²) in [5, 5.41) is 0. The number of anilines is 1. The molecule has 1 aliphatic heterocycles. The first-order valence-corrected chi connectivity index (χ1v) is 9.36. The number of carbonyl (C=O) groups excluding carboxylic acids is 2. The Morgan fingerprint density at radius 1 is 1.21 bits per heavy atom. The van der Waals surface area contributed by atoms with Crippen LogP contribution in [0.5, 0.6) is 0 Å². The van der Waals surface area contributed by atoms with Crippen LogP contribution in [0.15, 0.2) is 24.3 Å². The van der Waals surface area contributed by atoms with Crippen LogP contribution in [0.4, 0.5) is 10.1 Å². The summed E-state index contributed by atoms with van der Waals surface area (Å²) in [5.41, 5.74) is 0.317. The van der Waals surface area contributed by atoms with Gasteiger partial charge in [-0.25, -0.2) is 12.8 Å². The predicted octanol–water partition coefficient (Wildman–Crippen LogP) is 0.282. The number of sulfonamides is 1. The molecule has 0 N–H and O–H groups in total. The average molecular weight is 357 g/mol. The molecule has 1 aliphatic rings. The lowest BCUT2D eigenvalue weighted by atomic mass is 10.2. The van der Waals surface area contributed by atoms with Gasteiger partial charge in [-0.05, 0) is 24.3 Å². The summed E-state index contributed by atoms with van der Waals surface area (Å²) < 4.78 is 38.0. The fourth-order valence-corrected chi connectivity index (χ4v) is 3.45. The zero-order valence-corrected chi connectivity index (χ0v) is 14.2. The van der Waals surface area contributed by atoms with Crippen molar-refractivity contribution >= 4 is 28.0 Å². The van der Waals surface area contributed by atoms with Crippen LogP contribution >= 0.6 is 0 Å². The SMILES string of the molecule is CS(=O)(=O)N(CCC(=O)N1CCN(C=O)CC1)c1ccc(F)cc1. The van der Waals surface area contributed by atoms with Gasteiger partial charge in [0.15, 0.2) is 0 Å². The number of amides is 2. The Bertz CT molecular complexity index is 685. The van der Waals surface area contributed by atoms with E-state index < -0.39 is 15.8 Å². The van der Waals surface area contributed by atoms with E-state index in [1.165, 1.54) is 24.3 Å². The molecule has 7 nitrogen and oxygen atoms in total. The number of nitrogens with zero attached hydrogens (tertiary/aromatic N) is 3. The van der Waals surface area contributed by atoms with Crippen molar-refractivity contribution in [3.05, 3.63) is 30.1 Å². The number of hydrogen-bond acceptors (Lipinski definition) is 4. The molecule has 1 saturated heterocycles. The Morgan fingerprint density at radius 2 is 1.79 bits per heavy atom. The summed E-state index contributed by atoms with van der Waals surface area (Å²) in [6.45, 7) is 1.81. The molecule has 132 valence electrons. The highest BCUT2D eigenvalue weighted by Crippen LogP contribution is 2.18. The molecule has 1 heterocycles. The van der Waals surface area contributed by atoms with Gasteiger partial charge in [0.2, 0.25) is 22.3 Å². The molecule has 24 heavy (non-hydrogen) atoms. The average Bonchev–Trinajstić information content (AvgIpc) is 2.55. The lowest BCUT2D eigenvalue weighted by Crippen LogP contribution is -2.48. The van der Waals surface area contributed by atoms with Gasteiger partial charge in [0, 0.05) is 39.1 Å². The van der Waals surface area contributed by atoms with Crippen molar-refractivity contribution in [2.75, 3.05) is 43.3 Å². The standard InChI is InChI=1S/C15H20FN3O4S/c1-24(22,23)19(14-4-2-13(16)3-5-14)7-6-15(21)18-10-8-17(12-20)9-11-18/h2-5,12H,6-11H2,1H3. The molecule has 0 atom stereocenters. The summed E-state index contributed by atoms with van der Waals surface area (Å²) >= 11 is 0. The molecule has 1 fully saturated rings. The molecule has 0 bridgehead atoms. The number of halogens is 1. The van der Waals surface area contributed by atoms with Gasteiger partial charge in [-0.15, -0.1) is 0 Å². The van der Waals surface area contributed by atoms with Gasteiger partial charge in [0.05, 0.1) is 11.9 Å². The molecule has 0 spiro atoms. The number of carbonyl (C=O) groups is 2. The van der Waals surface area contributed by atoms with Gasteiger partial charge < -0.3 is 9.80 Å². The molecule has 0 radical (unpaired) electrons. The quantitative estimate of drug-likeness (QED) is 0.685. The molecule has 0 saturated carbocycles. The number of piperazine rings is 1. The summed E-state index contributed by atoms with van der Waals surface area (Å²) in [6.07, 6.45) is 1.82. The predicted molar refractivity (Wildman–Crippen MR) is 87.4 cm³/mol. The van der Waals surface area contributed by atoms with E-state index in [-0.39, 0.29) is 18.9 Å². The van der Waals surface area contributed by atoms with Crippen LogP contribution in [0.1, 0.15) is 6.42 Å². The molecule has 2 amide bonds. The van der Waals surface area contributed by atoms with Crippen molar-refractivity contribution in [1.29, 1.82) is 0 Å². The highest BCUT2D eigenvalue weighted by atomic mass is 32.2. The van der Waals surface area contributed by atoms with Crippen LogP contribution in [-0.4, -0.2) is 69.5 Å². The third-order valence-electron chi connectivity index (χ3n) is 3.86. The Morgan fingerprint density at radius 3 is 2.29 bits per heavy atom. The van der Waals surface area contributed by atoms with Crippen LogP contribution in [0.3, 0.4) is 0 Å². The summed E-state index contributed by atoms with van der Waals surface area (Å²) in [4.78, 5) is 26.1. The van der Waals surface area contributed by atoms with Crippen molar-refractivity contribution in [2.24, 2.45) is 0 Å². The van der Waals surface area contributed by atoms with E-state index in [9.17, 15) is 22.4 Å². The highest BCUT2D eigenvalue weighted by molar-refractivity contribution is 7.92. The van der Waals surface area contributed by atoms with Crippen LogP contribution in [-0.2, 0) is 19.6 Å². The molecule has 1 aromatic carbocycles. The van der Waals surface area contributed by atoms with Crippen LogP contribution < -0.4 is 4.31 Å². The smallest absolute Gasteiger partial charge is 0.232 e. The van der Waals surface area contributed by atoms with E-state index in [1.54, 1.807) is 9.80 Å².